The molecule has 1 unspecified atom stereocenters. The molecule has 1 aromatic carbocycles. The summed E-state index contributed by atoms with van der Waals surface area (Å²) in [5, 5.41) is 11.2. The molecule has 1 fully saturated rings. The largest absolute Gasteiger partial charge is 0.388 e. The number of rotatable bonds is 6. The van der Waals surface area contributed by atoms with Gasteiger partial charge >= 0.3 is 0 Å². The van der Waals surface area contributed by atoms with Crippen LogP contribution in [-0.2, 0) is 4.74 Å². The third-order valence-corrected chi connectivity index (χ3v) is 4.40. The Bertz CT molecular complexity index is 413. The van der Waals surface area contributed by atoms with Gasteiger partial charge in [-0.25, -0.2) is 0 Å². The van der Waals surface area contributed by atoms with E-state index in [0.717, 1.165) is 44.6 Å². The zero-order valence-electron chi connectivity index (χ0n) is 13.0. The zero-order chi connectivity index (χ0) is 15.2. The molecule has 0 radical (unpaired) electrons. The highest BCUT2D eigenvalue weighted by Crippen LogP contribution is 2.31. The summed E-state index contributed by atoms with van der Waals surface area (Å²) in [4.78, 5) is 2.42. The maximum absolute atomic E-state index is 10.5. The normalized spacial score (nSPS) is 19.1. The molecule has 0 bridgehead atoms. The number of aliphatic hydroxyl groups is 1. The Kier molecular flexibility index (Phi) is 6.49. The summed E-state index contributed by atoms with van der Waals surface area (Å²) in [7, 11) is 0. The topological polar surface area (TPSA) is 32.7 Å². The molecule has 4 heteroatoms. The maximum Gasteiger partial charge on any atom is 0.0819 e. The third-order valence-electron chi connectivity index (χ3n) is 4.15. The molecule has 2 rings (SSSR count). The van der Waals surface area contributed by atoms with Gasteiger partial charge < -0.3 is 14.7 Å². The number of hydrogen-bond acceptors (Lipinski definition) is 3. The van der Waals surface area contributed by atoms with Crippen LogP contribution in [-0.4, -0.2) is 42.4 Å². The van der Waals surface area contributed by atoms with Crippen LogP contribution < -0.4 is 0 Å². The van der Waals surface area contributed by atoms with E-state index in [9.17, 15) is 5.11 Å². The highest BCUT2D eigenvalue weighted by Gasteiger charge is 2.26. The number of halogens is 1. The summed E-state index contributed by atoms with van der Waals surface area (Å²) in [5.74, 6) is 0.341. The number of aliphatic hydroxyl groups excluding tert-OH is 1. The van der Waals surface area contributed by atoms with Crippen LogP contribution in [0.4, 0.5) is 0 Å². The van der Waals surface area contributed by atoms with Gasteiger partial charge in [0.05, 0.1) is 18.8 Å². The summed E-state index contributed by atoms with van der Waals surface area (Å²) in [6, 6.07) is 7.54. The second kappa shape index (κ2) is 8.14. The van der Waals surface area contributed by atoms with Gasteiger partial charge in [-0.3, -0.25) is 0 Å². The van der Waals surface area contributed by atoms with Gasteiger partial charge in [-0.05, 0) is 63.4 Å². The summed E-state index contributed by atoms with van der Waals surface area (Å²) in [6.07, 6.45) is 1.99. The van der Waals surface area contributed by atoms with Gasteiger partial charge in [0.1, 0.15) is 0 Å². The van der Waals surface area contributed by atoms with Crippen LogP contribution in [0.15, 0.2) is 24.3 Å². The van der Waals surface area contributed by atoms with E-state index in [-0.39, 0.29) is 6.10 Å². The van der Waals surface area contributed by atoms with Crippen molar-refractivity contribution in [1.29, 1.82) is 0 Å². The fourth-order valence-electron chi connectivity index (χ4n) is 2.84. The van der Waals surface area contributed by atoms with E-state index in [0.29, 0.717) is 17.0 Å². The molecule has 3 nitrogen and oxygen atoms in total. The van der Waals surface area contributed by atoms with Gasteiger partial charge in [-0.1, -0.05) is 23.7 Å². The van der Waals surface area contributed by atoms with Gasteiger partial charge in [0.25, 0.3) is 0 Å². The highest BCUT2D eigenvalue weighted by molar-refractivity contribution is 6.30. The fourth-order valence-corrected chi connectivity index (χ4v) is 2.97. The molecule has 1 aromatic rings. The SMILES string of the molecule is CC(C)OCCN1CCC(C(O)c2ccc(Cl)cc2)CC1. The molecule has 0 aliphatic carbocycles. The van der Waals surface area contributed by atoms with Crippen LogP contribution in [0.3, 0.4) is 0 Å². The molecular weight excluding hydrogens is 286 g/mol. The molecule has 1 N–H and O–H groups in total. The van der Waals surface area contributed by atoms with Crippen LogP contribution in [0.25, 0.3) is 0 Å². The van der Waals surface area contributed by atoms with Gasteiger partial charge in [0, 0.05) is 11.6 Å². The first-order valence-electron chi connectivity index (χ1n) is 7.83. The first kappa shape index (κ1) is 16.8. The van der Waals surface area contributed by atoms with E-state index >= 15 is 0 Å². The molecule has 1 atom stereocenters. The second-order valence-corrected chi connectivity index (χ2v) is 6.53. The molecule has 0 aromatic heterocycles. The van der Waals surface area contributed by atoms with Gasteiger partial charge in [0.2, 0.25) is 0 Å². The minimum atomic E-state index is -0.378. The van der Waals surface area contributed by atoms with E-state index in [1.165, 1.54) is 0 Å². The molecule has 118 valence electrons. The zero-order valence-corrected chi connectivity index (χ0v) is 13.7. The van der Waals surface area contributed by atoms with Crippen LogP contribution in [0.5, 0.6) is 0 Å². The summed E-state index contributed by atoms with van der Waals surface area (Å²) < 4.78 is 5.60. The molecule has 1 saturated heterocycles. The Morgan fingerprint density at radius 1 is 1.24 bits per heavy atom. The van der Waals surface area contributed by atoms with Gasteiger partial charge in [-0.15, -0.1) is 0 Å². The minimum absolute atomic E-state index is 0.300. The summed E-state index contributed by atoms with van der Waals surface area (Å²) in [5.41, 5.74) is 0.973. The predicted molar refractivity (Wildman–Crippen MR) is 86.7 cm³/mol. The van der Waals surface area contributed by atoms with E-state index in [1.807, 2.05) is 24.3 Å². The Morgan fingerprint density at radius 2 is 1.86 bits per heavy atom. The Labute approximate surface area is 132 Å². The van der Waals surface area contributed by atoms with Crippen LogP contribution in [0, 0.1) is 5.92 Å². The molecule has 21 heavy (non-hydrogen) atoms. The first-order chi connectivity index (χ1) is 10.1. The van der Waals surface area contributed by atoms with Crippen molar-refractivity contribution in [3.8, 4) is 0 Å². The average Bonchev–Trinajstić information content (AvgIpc) is 2.48. The maximum atomic E-state index is 10.5. The lowest BCUT2D eigenvalue weighted by Crippen LogP contribution is -2.37. The van der Waals surface area contributed by atoms with Crippen molar-refractivity contribution in [2.75, 3.05) is 26.2 Å². The van der Waals surface area contributed by atoms with Crippen molar-refractivity contribution in [2.24, 2.45) is 5.92 Å². The van der Waals surface area contributed by atoms with Crippen molar-refractivity contribution in [1.82, 2.24) is 4.90 Å². The lowest BCUT2D eigenvalue weighted by atomic mass is 9.87. The standard InChI is InChI=1S/C17H26ClNO2/c1-13(2)21-12-11-19-9-7-15(8-10-19)17(20)14-3-5-16(18)6-4-14/h3-6,13,15,17,20H,7-12H2,1-2H3. The lowest BCUT2D eigenvalue weighted by Gasteiger charge is -2.34. The molecule has 1 heterocycles. The van der Waals surface area contributed by atoms with Crippen molar-refractivity contribution in [3.05, 3.63) is 34.9 Å². The van der Waals surface area contributed by atoms with Crippen molar-refractivity contribution in [2.45, 2.75) is 38.9 Å². The Hall–Kier alpha value is -0.610. The lowest BCUT2D eigenvalue weighted by molar-refractivity contribution is 0.0302. The third kappa shape index (κ3) is 5.26. The molecule has 1 aliphatic heterocycles. The van der Waals surface area contributed by atoms with E-state index < -0.39 is 0 Å². The first-order valence-corrected chi connectivity index (χ1v) is 8.21. The van der Waals surface area contributed by atoms with Crippen molar-refractivity contribution < 1.29 is 9.84 Å². The average molecular weight is 312 g/mol. The molecule has 0 amide bonds. The number of benzene rings is 1. The monoisotopic (exact) mass is 311 g/mol. The molecule has 0 saturated carbocycles. The fraction of sp³-hybridized carbons (Fsp3) is 0.647. The van der Waals surface area contributed by atoms with Crippen LogP contribution >= 0.6 is 11.6 Å². The number of nitrogens with zero attached hydrogens (tertiary/aromatic N) is 1. The summed E-state index contributed by atoms with van der Waals surface area (Å²) in [6.45, 7) is 7.99. The quantitative estimate of drug-likeness (QED) is 0.872. The van der Waals surface area contributed by atoms with Crippen LogP contribution in [0.1, 0.15) is 38.4 Å². The van der Waals surface area contributed by atoms with E-state index in [4.69, 9.17) is 16.3 Å². The number of piperidine rings is 1. The molecule has 1 aliphatic rings. The minimum Gasteiger partial charge on any atom is -0.388 e. The van der Waals surface area contributed by atoms with E-state index in [1.54, 1.807) is 0 Å². The van der Waals surface area contributed by atoms with Gasteiger partial charge in [-0.2, -0.15) is 0 Å². The molecular formula is C17H26ClNO2. The van der Waals surface area contributed by atoms with Crippen LogP contribution in [0.2, 0.25) is 5.02 Å². The highest BCUT2D eigenvalue weighted by atomic mass is 35.5. The van der Waals surface area contributed by atoms with Crippen molar-refractivity contribution >= 4 is 11.6 Å². The van der Waals surface area contributed by atoms with E-state index in [2.05, 4.69) is 18.7 Å². The predicted octanol–water partition coefficient (Wildman–Crippen LogP) is 3.51. The Morgan fingerprint density at radius 3 is 2.43 bits per heavy atom. The molecule has 0 spiro atoms. The number of ether oxygens (including phenoxy) is 1. The van der Waals surface area contributed by atoms with Gasteiger partial charge in [0.15, 0.2) is 0 Å². The number of likely N-dealkylation sites (tertiary alicyclic amines) is 1. The summed E-state index contributed by atoms with van der Waals surface area (Å²) >= 11 is 5.89. The Balaban J connectivity index is 1.76. The smallest absolute Gasteiger partial charge is 0.0819 e. The second-order valence-electron chi connectivity index (χ2n) is 6.10. The van der Waals surface area contributed by atoms with Crippen molar-refractivity contribution in [3.63, 3.8) is 0 Å². The number of hydrogen-bond donors (Lipinski definition) is 1.